The first-order valence-electron chi connectivity index (χ1n) is 17.1. The van der Waals surface area contributed by atoms with Crippen LogP contribution < -0.4 is 15.0 Å². The molecule has 0 radical (unpaired) electrons. The molecule has 0 unspecified atom stereocenters. The molecule has 2 heterocycles. The first kappa shape index (κ1) is 30.9. The largest absolute Gasteiger partial charge is 0.496 e. The topological polar surface area (TPSA) is 118 Å². The Balaban J connectivity index is 1.12. The number of carbonyl (C=O) groups is 2. The molecule has 0 spiro atoms. The third kappa shape index (κ3) is 6.06. The van der Waals surface area contributed by atoms with E-state index in [-0.39, 0.29) is 34.6 Å². The van der Waals surface area contributed by atoms with E-state index in [1.54, 1.807) is 19.6 Å². The number of carbonyl (C=O) groups excluding carboxylic acids is 2. The van der Waals surface area contributed by atoms with E-state index in [1.165, 1.54) is 11.1 Å². The second kappa shape index (κ2) is 12.5. The van der Waals surface area contributed by atoms with Crippen LogP contribution in [-0.4, -0.2) is 53.2 Å². The molecular weight excluding hydrogens is 580 g/mol. The summed E-state index contributed by atoms with van der Waals surface area (Å²) in [6, 6.07) is 10.6. The van der Waals surface area contributed by atoms with Crippen molar-refractivity contribution in [3.63, 3.8) is 0 Å². The zero-order chi connectivity index (χ0) is 31.9. The van der Waals surface area contributed by atoms with Crippen molar-refractivity contribution in [2.24, 2.45) is 11.3 Å². The standard InChI is InChI=1S/C37H46N4O5/c1-24-19-28(7-10-31(24)45-2)37-15-12-36(13-16-37,14-17-37)23-41(35(44)26-5-8-29(9-6-26)39-33(43)21-42)32-20-27(11-18-38-32)30-22-46-34(40-30)25-3-4-25/h7,10-11,18-20,22,25-26,29,42H,3-6,8-9,12-17,21,23H2,1-2H3,(H,39,43). The van der Waals surface area contributed by atoms with Crippen LogP contribution in [0.3, 0.4) is 0 Å². The molecule has 2 aromatic heterocycles. The van der Waals surface area contributed by atoms with E-state index < -0.39 is 6.61 Å². The number of aliphatic hydroxyl groups is 1. The quantitative estimate of drug-likeness (QED) is 0.274. The Morgan fingerprint density at radius 3 is 2.41 bits per heavy atom. The fourth-order valence-corrected chi connectivity index (χ4v) is 8.39. The maximum Gasteiger partial charge on any atom is 0.245 e. The van der Waals surface area contributed by atoms with Crippen molar-refractivity contribution in [1.29, 1.82) is 0 Å². The van der Waals surface area contributed by atoms with E-state index in [9.17, 15) is 9.59 Å². The van der Waals surface area contributed by atoms with Gasteiger partial charge in [0.1, 0.15) is 30.1 Å². The van der Waals surface area contributed by atoms with Crippen molar-refractivity contribution in [2.75, 3.05) is 25.2 Å². The number of anilines is 1. The normalized spacial score (nSPS) is 27.3. The Kier molecular flexibility index (Phi) is 8.38. The van der Waals surface area contributed by atoms with E-state index in [0.717, 1.165) is 87.1 Å². The molecule has 2 bridgehead atoms. The molecule has 0 aliphatic heterocycles. The van der Waals surface area contributed by atoms with Crippen molar-refractivity contribution >= 4 is 17.6 Å². The predicted molar refractivity (Wildman–Crippen MR) is 175 cm³/mol. The van der Waals surface area contributed by atoms with Gasteiger partial charge in [0.05, 0.1) is 7.11 Å². The second-order valence-corrected chi connectivity index (χ2v) is 14.4. The van der Waals surface area contributed by atoms with Crippen LogP contribution in [0, 0.1) is 18.3 Å². The van der Waals surface area contributed by atoms with Gasteiger partial charge in [-0.2, -0.15) is 0 Å². The number of aromatic nitrogens is 2. The first-order chi connectivity index (χ1) is 22.3. The third-order valence-electron chi connectivity index (χ3n) is 11.5. The van der Waals surface area contributed by atoms with Crippen LogP contribution in [0.4, 0.5) is 5.82 Å². The number of nitrogens with one attached hydrogen (secondary N) is 1. The SMILES string of the molecule is COc1ccc(C23CCC(CN(C(=O)C4CCC(NC(=O)CO)CC4)c4cc(-c5coc(C6CC6)n5)ccn4)(CC2)CC3)cc1C. The number of oxazole rings is 1. The number of aryl methyl sites for hydroxylation is 1. The predicted octanol–water partition coefficient (Wildman–Crippen LogP) is 6.22. The van der Waals surface area contributed by atoms with Gasteiger partial charge in [0.15, 0.2) is 5.89 Å². The number of amides is 2. The summed E-state index contributed by atoms with van der Waals surface area (Å²) in [5.41, 5.74) is 4.54. The van der Waals surface area contributed by atoms with Crippen LogP contribution in [0.2, 0.25) is 0 Å². The number of benzene rings is 1. The molecule has 0 atom stereocenters. The highest BCUT2D eigenvalue weighted by Crippen LogP contribution is 2.58. The van der Waals surface area contributed by atoms with Crippen molar-refractivity contribution in [2.45, 2.75) is 101 Å². The summed E-state index contributed by atoms with van der Waals surface area (Å²) in [5.74, 6) is 2.47. The molecule has 0 saturated heterocycles. The summed E-state index contributed by atoms with van der Waals surface area (Å²) in [7, 11) is 1.73. The van der Waals surface area contributed by atoms with Gasteiger partial charge in [0, 0.05) is 36.2 Å². The van der Waals surface area contributed by atoms with Gasteiger partial charge in [0.2, 0.25) is 11.8 Å². The minimum absolute atomic E-state index is 0.00331. The number of rotatable bonds is 10. The van der Waals surface area contributed by atoms with Crippen LogP contribution in [0.15, 0.2) is 47.2 Å². The minimum atomic E-state index is -0.510. The van der Waals surface area contributed by atoms with Crippen molar-refractivity contribution < 1.29 is 23.8 Å². The number of methoxy groups -OCH3 is 1. The fraction of sp³-hybridized carbons (Fsp3) is 0.568. The number of fused-ring (bicyclic) bond motifs is 3. The van der Waals surface area contributed by atoms with Gasteiger partial charge in [-0.3, -0.25) is 14.5 Å². The van der Waals surface area contributed by atoms with Crippen molar-refractivity contribution in [3.8, 4) is 17.0 Å². The van der Waals surface area contributed by atoms with Gasteiger partial charge >= 0.3 is 0 Å². The molecule has 2 N–H and O–H groups in total. The Morgan fingerprint density at radius 1 is 1.02 bits per heavy atom. The van der Waals surface area contributed by atoms with Gasteiger partial charge < -0.3 is 19.6 Å². The van der Waals surface area contributed by atoms with Crippen molar-refractivity contribution in [3.05, 3.63) is 59.8 Å². The Morgan fingerprint density at radius 2 is 1.76 bits per heavy atom. The highest BCUT2D eigenvalue weighted by atomic mass is 16.5. The number of pyridine rings is 1. The lowest BCUT2D eigenvalue weighted by Crippen LogP contribution is -2.52. The number of aliphatic hydroxyl groups excluding tert-OH is 1. The Labute approximate surface area is 271 Å². The van der Waals surface area contributed by atoms with Crippen molar-refractivity contribution in [1.82, 2.24) is 15.3 Å². The number of hydrogen-bond acceptors (Lipinski definition) is 7. The highest BCUT2D eigenvalue weighted by molar-refractivity contribution is 5.95. The molecule has 9 heteroatoms. The Hall–Kier alpha value is -3.72. The summed E-state index contributed by atoms with van der Waals surface area (Å²) < 4.78 is 11.3. The lowest BCUT2D eigenvalue weighted by atomic mass is 9.51. The molecule has 5 saturated carbocycles. The maximum atomic E-state index is 14.5. The van der Waals surface area contributed by atoms with E-state index in [1.807, 2.05) is 17.0 Å². The second-order valence-electron chi connectivity index (χ2n) is 14.4. The molecule has 5 aliphatic carbocycles. The van der Waals surface area contributed by atoms with E-state index in [0.29, 0.717) is 31.1 Å². The van der Waals surface area contributed by atoms with Gasteiger partial charge in [-0.05, 0) is 124 Å². The first-order valence-corrected chi connectivity index (χ1v) is 17.1. The molecule has 5 fully saturated rings. The zero-order valence-corrected chi connectivity index (χ0v) is 27.1. The zero-order valence-electron chi connectivity index (χ0n) is 27.1. The molecule has 8 rings (SSSR count). The highest BCUT2D eigenvalue weighted by Gasteiger charge is 2.51. The van der Waals surface area contributed by atoms with Crippen LogP contribution in [0.5, 0.6) is 5.75 Å². The van der Waals surface area contributed by atoms with Crippen LogP contribution in [0.1, 0.15) is 100.0 Å². The summed E-state index contributed by atoms with van der Waals surface area (Å²) in [4.78, 5) is 37.8. The molecule has 244 valence electrons. The summed E-state index contributed by atoms with van der Waals surface area (Å²) in [6.45, 7) is 2.27. The summed E-state index contributed by atoms with van der Waals surface area (Å²) in [6.07, 6.45) is 15.2. The number of hydrogen-bond donors (Lipinski definition) is 2. The summed E-state index contributed by atoms with van der Waals surface area (Å²) >= 11 is 0. The van der Waals surface area contributed by atoms with Gasteiger partial charge in [-0.1, -0.05) is 12.1 Å². The third-order valence-corrected chi connectivity index (χ3v) is 11.5. The molecule has 3 aromatic rings. The summed E-state index contributed by atoms with van der Waals surface area (Å²) in [5, 5.41) is 12.1. The average Bonchev–Trinajstić information content (AvgIpc) is 3.83. The molecular formula is C37H46N4O5. The molecule has 5 aliphatic rings. The van der Waals surface area contributed by atoms with Crippen LogP contribution >= 0.6 is 0 Å². The molecule has 9 nitrogen and oxygen atoms in total. The fourth-order valence-electron chi connectivity index (χ4n) is 8.39. The van der Waals surface area contributed by atoms with E-state index >= 15 is 0 Å². The van der Waals surface area contributed by atoms with Gasteiger partial charge in [-0.15, -0.1) is 0 Å². The molecule has 2 amide bonds. The minimum Gasteiger partial charge on any atom is -0.496 e. The number of ether oxygens (including phenoxy) is 1. The van der Waals surface area contributed by atoms with Gasteiger partial charge in [-0.25, -0.2) is 9.97 Å². The number of nitrogens with zero attached hydrogens (tertiary/aromatic N) is 3. The monoisotopic (exact) mass is 626 g/mol. The van der Waals surface area contributed by atoms with Gasteiger partial charge in [0.25, 0.3) is 0 Å². The molecule has 1 aromatic carbocycles. The van der Waals surface area contributed by atoms with E-state index in [4.69, 9.17) is 24.2 Å². The van der Waals surface area contributed by atoms with Crippen LogP contribution in [-0.2, 0) is 15.0 Å². The van der Waals surface area contributed by atoms with Crippen LogP contribution in [0.25, 0.3) is 11.3 Å². The van der Waals surface area contributed by atoms with E-state index in [2.05, 4.69) is 30.4 Å². The average molecular weight is 627 g/mol. The maximum absolute atomic E-state index is 14.5. The Bertz CT molecular complexity index is 1560. The molecule has 46 heavy (non-hydrogen) atoms. The smallest absolute Gasteiger partial charge is 0.245 e. The lowest BCUT2D eigenvalue weighted by Gasteiger charge is -2.55. The lowest BCUT2D eigenvalue weighted by molar-refractivity contribution is -0.125.